The SMILES string of the molecule is Cc1ccncc1CNc1ccc2[nH]ccc2c1. The Morgan fingerprint density at radius 2 is 2.17 bits per heavy atom. The number of rotatable bonds is 3. The highest BCUT2D eigenvalue weighted by atomic mass is 14.9. The standard InChI is InChI=1S/C15H15N3/c1-11-4-6-16-9-13(11)10-18-14-2-3-15-12(8-14)5-7-17-15/h2-9,17-18H,10H2,1H3. The molecule has 0 aliphatic carbocycles. The third kappa shape index (κ3) is 2.07. The van der Waals surface area contributed by atoms with Gasteiger partial charge in [0.2, 0.25) is 0 Å². The van der Waals surface area contributed by atoms with Gasteiger partial charge in [-0.1, -0.05) is 0 Å². The minimum Gasteiger partial charge on any atom is -0.381 e. The fourth-order valence-electron chi connectivity index (χ4n) is 2.04. The molecule has 2 aromatic heterocycles. The molecule has 3 aromatic rings. The number of benzene rings is 1. The lowest BCUT2D eigenvalue weighted by atomic mass is 10.1. The maximum Gasteiger partial charge on any atom is 0.0455 e. The molecule has 0 bridgehead atoms. The molecule has 0 atom stereocenters. The fourth-order valence-corrected chi connectivity index (χ4v) is 2.04. The van der Waals surface area contributed by atoms with Crippen LogP contribution in [0.1, 0.15) is 11.1 Å². The topological polar surface area (TPSA) is 40.7 Å². The van der Waals surface area contributed by atoms with E-state index < -0.39 is 0 Å². The van der Waals surface area contributed by atoms with E-state index in [0.717, 1.165) is 17.7 Å². The first-order valence-corrected chi connectivity index (χ1v) is 6.03. The van der Waals surface area contributed by atoms with Crippen molar-refractivity contribution in [2.24, 2.45) is 0 Å². The first-order valence-electron chi connectivity index (χ1n) is 6.03. The number of aromatic nitrogens is 2. The largest absolute Gasteiger partial charge is 0.381 e. The van der Waals surface area contributed by atoms with E-state index >= 15 is 0 Å². The van der Waals surface area contributed by atoms with Crippen LogP contribution in [0.5, 0.6) is 0 Å². The van der Waals surface area contributed by atoms with Crippen molar-refractivity contribution in [2.75, 3.05) is 5.32 Å². The van der Waals surface area contributed by atoms with Crippen LogP contribution in [0.25, 0.3) is 10.9 Å². The van der Waals surface area contributed by atoms with Crippen molar-refractivity contribution in [1.29, 1.82) is 0 Å². The van der Waals surface area contributed by atoms with Crippen LogP contribution in [0.15, 0.2) is 48.9 Å². The summed E-state index contributed by atoms with van der Waals surface area (Å²) in [5.74, 6) is 0. The van der Waals surface area contributed by atoms with E-state index in [2.05, 4.69) is 46.5 Å². The van der Waals surface area contributed by atoms with Gasteiger partial charge in [-0.05, 0) is 48.4 Å². The minimum atomic E-state index is 0.801. The number of hydrogen-bond donors (Lipinski definition) is 2. The monoisotopic (exact) mass is 237 g/mol. The number of aromatic amines is 1. The Morgan fingerprint density at radius 1 is 1.22 bits per heavy atom. The average Bonchev–Trinajstić information content (AvgIpc) is 2.85. The van der Waals surface area contributed by atoms with E-state index in [-0.39, 0.29) is 0 Å². The summed E-state index contributed by atoms with van der Waals surface area (Å²) in [5.41, 5.74) is 4.79. The van der Waals surface area contributed by atoms with Gasteiger partial charge < -0.3 is 10.3 Å². The highest BCUT2D eigenvalue weighted by Gasteiger charge is 1.99. The van der Waals surface area contributed by atoms with Gasteiger partial charge in [0.15, 0.2) is 0 Å². The quantitative estimate of drug-likeness (QED) is 0.732. The van der Waals surface area contributed by atoms with Crippen molar-refractivity contribution < 1.29 is 0 Å². The lowest BCUT2D eigenvalue weighted by Gasteiger charge is -2.08. The first kappa shape index (κ1) is 10.8. The van der Waals surface area contributed by atoms with Crippen LogP contribution < -0.4 is 5.32 Å². The molecular weight excluding hydrogens is 222 g/mol. The summed E-state index contributed by atoms with van der Waals surface area (Å²) in [4.78, 5) is 7.35. The molecular formula is C15H15N3. The number of fused-ring (bicyclic) bond motifs is 1. The molecule has 3 rings (SSSR count). The molecule has 3 heteroatoms. The van der Waals surface area contributed by atoms with E-state index in [4.69, 9.17) is 0 Å². The Hall–Kier alpha value is -2.29. The number of hydrogen-bond acceptors (Lipinski definition) is 2. The van der Waals surface area contributed by atoms with Gasteiger partial charge in [-0.2, -0.15) is 0 Å². The molecule has 0 spiro atoms. The number of nitrogens with one attached hydrogen (secondary N) is 2. The van der Waals surface area contributed by atoms with Crippen molar-refractivity contribution in [3.8, 4) is 0 Å². The van der Waals surface area contributed by atoms with E-state index in [1.165, 1.54) is 16.5 Å². The highest BCUT2D eigenvalue weighted by Crippen LogP contribution is 2.18. The predicted molar refractivity (Wildman–Crippen MR) is 74.6 cm³/mol. The van der Waals surface area contributed by atoms with Crippen LogP contribution in [0.3, 0.4) is 0 Å². The number of H-pyrrole nitrogens is 1. The summed E-state index contributed by atoms with van der Waals surface area (Å²) in [6, 6.07) is 10.4. The van der Waals surface area contributed by atoms with Crippen molar-refractivity contribution in [3.63, 3.8) is 0 Å². The minimum absolute atomic E-state index is 0.801. The third-order valence-electron chi connectivity index (χ3n) is 3.18. The Balaban J connectivity index is 1.78. The molecule has 0 fully saturated rings. The predicted octanol–water partition coefficient (Wildman–Crippen LogP) is 3.48. The zero-order chi connectivity index (χ0) is 12.4. The second-order valence-electron chi connectivity index (χ2n) is 4.44. The van der Waals surface area contributed by atoms with Gasteiger partial charge in [-0.15, -0.1) is 0 Å². The van der Waals surface area contributed by atoms with E-state index in [1.807, 2.05) is 24.7 Å². The van der Waals surface area contributed by atoms with Crippen LogP contribution in [-0.4, -0.2) is 9.97 Å². The molecule has 1 aromatic carbocycles. The van der Waals surface area contributed by atoms with E-state index in [9.17, 15) is 0 Å². The maximum absolute atomic E-state index is 4.15. The molecule has 3 nitrogen and oxygen atoms in total. The molecule has 0 aliphatic heterocycles. The number of pyridine rings is 1. The Morgan fingerprint density at radius 3 is 3.06 bits per heavy atom. The Bertz CT molecular complexity index is 670. The second kappa shape index (κ2) is 4.53. The zero-order valence-electron chi connectivity index (χ0n) is 10.3. The number of anilines is 1. The van der Waals surface area contributed by atoms with Gasteiger partial charge >= 0.3 is 0 Å². The summed E-state index contributed by atoms with van der Waals surface area (Å²) >= 11 is 0. The van der Waals surface area contributed by atoms with Crippen molar-refractivity contribution in [1.82, 2.24) is 9.97 Å². The molecule has 0 saturated heterocycles. The van der Waals surface area contributed by atoms with Crippen molar-refractivity contribution >= 4 is 16.6 Å². The molecule has 18 heavy (non-hydrogen) atoms. The molecule has 0 saturated carbocycles. The van der Waals surface area contributed by atoms with Crippen molar-refractivity contribution in [3.05, 3.63) is 60.0 Å². The number of nitrogens with zero attached hydrogens (tertiary/aromatic N) is 1. The van der Waals surface area contributed by atoms with E-state index in [1.54, 1.807) is 0 Å². The summed E-state index contributed by atoms with van der Waals surface area (Å²) in [7, 11) is 0. The summed E-state index contributed by atoms with van der Waals surface area (Å²) in [6.07, 6.45) is 5.70. The van der Waals surface area contributed by atoms with Gasteiger partial charge in [-0.3, -0.25) is 4.98 Å². The average molecular weight is 237 g/mol. The molecule has 2 heterocycles. The van der Waals surface area contributed by atoms with Gasteiger partial charge in [0.05, 0.1) is 0 Å². The lowest BCUT2D eigenvalue weighted by Crippen LogP contribution is -2.01. The normalized spacial score (nSPS) is 10.7. The first-order chi connectivity index (χ1) is 8.83. The molecule has 0 amide bonds. The Labute approximate surface area is 106 Å². The molecule has 2 N–H and O–H groups in total. The molecule has 0 radical (unpaired) electrons. The van der Waals surface area contributed by atoms with Crippen LogP contribution in [0, 0.1) is 6.92 Å². The molecule has 0 aliphatic rings. The van der Waals surface area contributed by atoms with Crippen molar-refractivity contribution in [2.45, 2.75) is 13.5 Å². The van der Waals surface area contributed by atoms with Gasteiger partial charge in [-0.25, -0.2) is 0 Å². The maximum atomic E-state index is 4.15. The number of aryl methyl sites for hydroxylation is 1. The van der Waals surface area contributed by atoms with Gasteiger partial charge in [0.25, 0.3) is 0 Å². The molecule has 0 unspecified atom stereocenters. The zero-order valence-corrected chi connectivity index (χ0v) is 10.3. The van der Waals surface area contributed by atoms with Crippen LogP contribution in [-0.2, 0) is 6.54 Å². The fraction of sp³-hybridized carbons (Fsp3) is 0.133. The summed E-state index contributed by atoms with van der Waals surface area (Å²) in [6.45, 7) is 2.91. The highest BCUT2D eigenvalue weighted by molar-refractivity contribution is 5.82. The van der Waals surface area contributed by atoms with Crippen LogP contribution in [0.4, 0.5) is 5.69 Å². The second-order valence-corrected chi connectivity index (χ2v) is 4.44. The summed E-state index contributed by atoms with van der Waals surface area (Å²) in [5, 5.41) is 4.65. The van der Waals surface area contributed by atoms with Crippen LogP contribution in [0.2, 0.25) is 0 Å². The lowest BCUT2D eigenvalue weighted by molar-refractivity contribution is 1.08. The Kier molecular flexibility index (Phi) is 2.73. The van der Waals surface area contributed by atoms with Gasteiger partial charge in [0.1, 0.15) is 0 Å². The summed E-state index contributed by atoms with van der Waals surface area (Å²) < 4.78 is 0. The third-order valence-corrected chi connectivity index (χ3v) is 3.18. The molecule has 90 valence electrons. The smallest absolute Gasteiger partial charge is 0.0455 e. The van der Waals surface area contributed by atoms with Crippen LogP contribution >= 0.6 is 0 Å². The van der Waals surface area contributed by atoms with E-state index in [0.29, 0.717) is 0 Å². The van der Waals surface area contributed by atoms with Gasteiger partial charge in [0, 0.05) is 41.7 Å².